The third kappa shape index (κ3) is 2.62. The maximum absolute atomic E-state index is 10.8. The van der Waals surface area contributed by atoms with Crippen molar-refractivity contribution in [2.24, 2.45) is 11.3 Å². The van der Waals surface area contributed by atoms with Gasteiger partial charge in [0, 0.05) is 23.8 Å². The van der Waals surface area contributed by atoms with Crippen LogP contribution in [0, 0.1) is 11.3 Å². The molecule has 7 atom stereocenters. The van der Waals surface area contributed by atoms with Gasteiger partial charge in [-0.25, -0.2) is 0 Å². The van der Waals surface area contributed by atoms with Crippen LogP contribution >= 0.6 is 0 Å². The number of benzene rings is 1. The van der Waals surface area contributed by atoms with Gasteiger partial charge in [0.25, 0.3) is 0 Å². The molecule has 1 N–H and O–H groups in total. The van der Waals surface area contributed by atoms with Crippen LogP contribution in [0.15, 0.2) is 60.0 Å². The Kier molecular flexibility index (Phi) is 4.40. The highest BCUT2D eigenvalue weighted by atomic mass is 16.5. The molecular formula is C30H36N2O2. The quantitative estimate of drug-likeness (QED) is 0.659. The molecule has 1 aromatic carbocycles. The minimum absolute atomic E-state index is 0.114. The van der Waals surface area contributed by atoms with Gasteiger partial charge in [0.1, 0.15) is 0 Å². The number of fused-ring (bicyclic) bond motifs is 2. The van der Waals surface area contributed by atoms with Crippen LogP contribution in [0.3, 0.4) is 0 Å². The fraction of sp³-hybridized carbons (Fsp3) is 0.567. The molecule has 2 aromatic rings. The fourth-order valence-corrected chi connectivity index (χ4v) is 8.87. The van der Waals surface area contributed by atoms with Crippen molar-refractivity contribution < 1.29 is 9.84 Å². The summed E-state index contributed by atoms with van der Waals surface area (Å²) in [7, 11) is 4.16. The van der Waals surface area contributed by atoms with E-state index in [2.05, 4.69) is 73.5 Å². The van der Waals surface area contributed by atoms with Crippen molar-refractivity contribution in [1.82, 2.24) is 9.88 Å². The molecule has 178 valence electrons. The Hall–Kier alpha value is -2.01. The standard InChI is InChI=1S/C30H36N2O2/c1-28-11-9-20-15-21-16-26(33)25(32(2)3)17-29(21)12-13-30(20,34-29)27(28)8-7-24(28)22-6-4-5-19-10-14-31-18-23(19)22/h4-6,10,14-16,18,24-27,33H,7-9,11-13,17H2,1-3H3. The molecule has 7 unspecified atom stereocenters. The molecular weight excluding hydrogens is 420 g/mol. The summed E-state index contributed by atoms with van der Waals surface area (Å²) < 4.78 is 7.37. The molecule has 3 aliphatic carbocycles. The van der Waals surface area contributed by atoms with Crippen molar-refractivity contribution in [2.45, 2.75) is 81.1 Å². The van der Waals surface area contributed by atoms with Gasteiger partial charge < -0.3 is 14.7 Å². The van der Waals surface area contributed by atoms with Crippen molar-refractivity contribution in [3.05, 3.63) is 65.5 Å². The van der Waals surface area contributed by atoms with Crippen LogP contribution in [0.5, 0.6) is 0 Å². The zero-order valence-corrected chi connectivity index (χ0v) is 20.6. The first kappa shape index (κ1) is 21.3. The van der Waals surface area contributed by atoms with Crippen molar-refractivity contribution in [3.63, 3.8) is 0 Å². The lowest BCUT2D eigenvalue weighted by molar-refractivity contribution is -0.148. The second-order valence-electron chi connectivity index (χ2n) is 12.1. The number of aromatic nitrogens is 1. The second kappa shape index (κ2) is 7.02. The van der Waals surface area contributed by atoms with E-state index in [4.69, 9.17) is 4.74 Å². The molecule has 2 bridgehead atoms. The number of pyridine rings is 1. The summed E-state index contributed by atoms with van der Waals surface area (Å²) in [6, 6.07) is 9.06. The van der Waals surface area contributed by atoms with E-state index in [0.29, 0.717) is 11.8 Å². The molecule has 3 fully saturated rings. The van der Waals surface area contributed by atoms with Crippen LogP contribution in [-0.4, -0.2) is 52.4 Å². The zero-order valence-electron chi connectivity index (χ0n) is 20.6. The van der Waals surface area contributed by atoms with Gasteiger partial charge >= 0.3 is 0 Å². The van der Waals surface area contributed by atoms with E-state index in [-0.39, 0.29) is 22.7 Å². The SMILES string of the molecule is CN(C)C1CC23CCC4(O2)C(=CC3=CC1O)CCC1(C)C(c2cccc3ccncc23)CCC41. The summed E-state index contributed by atoms with van der Waals surface area (Å²) in [5.41, 5.74) is 4.11. The second-order valence-corrected chi connectivity index (χ2v) is 12.1. The number of hydrogen-bond donors (Lipinski definition) is 1. The summed E-state index contributed by atoms with van der Waals surface area (Å²) in [6.45, 7) is 2.56. The number of hydrogen-bond acceptors (Lipinski definition) is 4. The lowest BCUT2D eigenvalue weighted by atomic mass is 9.56. The van der Waals surface area contributed by atoms with E-state index >= 15 is 0 Å². The molecule has 5 aliphatic rings. The predicted molar refractivity (Wildman–Crippen MR) is 135 cm³/mol. The number of rotatable bonds is 2. The van der Waals surface area contributed by atoms with Crippen LogP contribution in [0.4, 0.5) is 0 Å². The largest absolute Gasteiger partial charge is 0.387 e. The molecule has 3 heterocycles. The number of nitrogens with zero attached hydrogens (tertiary/aromatic N) is 2. The van der Waals surface area contributed by atoms with Gasteiger partial charge in [-0.15, -0.1) is 0 Å². The smallest absolute Gasteiger partial charge is 0.0958 e. The van der Waals surface area contributed by atoms with E-state index in [1.165, 1.54) is 46.7 Å². The zero-order chi connectivity index (χ0) is 23.3. The minimum atomic E-state index is -0.422. The normalized spacial score (nSPS) is 42.7. The van der Waals surface area contributed by atoms with E-state index < -0.39 is 6.10 Å². The molecule has 1 aromatic heterocycles. The van der Waals surface area contributed by atoms with Crippen molar-refractivity contribution in [2.75, 3.05) is 14.1 Å². The Labute approximate surface area is 202 Å². The summed E-state index contributed by atoms with van der Waals surface area (Å²) in [5, 5.41) is 13.4. The van der Waals surface area contributed by atoms with Gasteiger partial charge in [-0.1, -0.05) is 31.2 Å². The van der Waals surface area contributed by atoms with Gasteiger partial charge in [-0.3, -0.25) is 4.98 Å². The monoisotopic (exact) mass is 456 g/mol. The molecule has 4 heteroatoms. The van der Waals surface area contributed by atoms with Gasteiger partial charge in [-0.2, -0.15) is 0 Å². The Morgan fingerprint density at radius 2 is 2.00 bits per heavy atom. The Bertz CT molecular complexity index is 1230. The molecule has 2 saturated carbocycles. The molecule has 34 heavy (non-hydrogen) atoms. The van der Waals surface area contributed by atoms with E-state index in [0.717, 1.165) is 25.7 Å². The molecule has 4 nitrogen and oxygen atoms in total. The Morgan fingerprint density at radius 1 is 1.12 bits per heavy atom. The predicted octanol–water partition coefficient (Wildman–Crippen LogP) is 5.38. The van der Waals surface area contributed by atoms with Crippen molar-refractivity contribution >= 4 is 10.8 Å². The van der Waals surface area contributed by atoms with Gasteiger partial charge in [0.15, 0.2) is 0 Å². The van der Waals surface area contributed by atoms with Crippen molar-refractivity contribution in [1.29, 1.82) is 0 Å². The minimum Gasteiger partial charge on any atom is -0.387 e. The first-order valence-corrected chi connectivity index (χ1v) is 13.2. The lowest BCUT2D eigenvalue weighted by Gasteiger charge is -2.56. The number of ether oxygens (including phenoxy) is 1. The van der Waals surface area contributed by atoms with Crippen LogP contribution in [0.2, 0.25) is 0 Å². The third-order valence-electron chi connectivity index (χ3n) is 10.5. The molecule has 2 aliphatic heterocycles. The number of likely N-dealkylation sites (N-methyl/N-ethyl adjacent to an activating group) is 1. The number of aliphatic hydroxyl groups is 1. The molecule has 0 amide bonds. The van der Waals surface area contributed by atoms with Crippen LogP contribution in [-0.2, 0) is 4.74 Å². The van der Waals surface area contributed by atoms with E-state index in [1.807, 2.05) is 6.20 Å². The lowest BCUT2D eigenvalue weighted by Crippen LogP contribution is -2.57. The topological polar surface area (TPSA) is 45.6 Å². The van der Waals surface area contributed by atoms with Crippen molar-refractivity contribution in [3.8, 4) is 0 Å². The Morgan fingerprint density at radius 3 is 2.85 bits per heavy atom. The summed E-state index contributed by atoms with van der Waals surface area (Å²) in [6.07, 6.45) is 16.0. The van der Waals surface area contributed by atoms with Crippen LogP contribution < -0.4 is 0 Å². The maximum atomic E-state index is 10.8. The molecule has 0 radical (unpaired) electrons. The van der Waals surface area contributed by atoms with E-state index in [1.54, 1.807) is 0 Å². The van der Waals surface area contributed by atoms with Crippen LogP contribution in [0.25, 0.3) is 10.8 Å². The average Bonchev–Trinajstić information content (AvgIpc) is 3.34. The maximum Gasteiger partial charge on any atom is 0.0958 e. The number of aliphatic hydroxyl groups excluding tert-OH is 1. The molecule has 2 spiro atoms. The first-order chi connectivity index (χ1) is 16.4. The molecule has 1 saturated heterocycles. The van der Waals surface area contributed by atoms with E-state index in [9.17, 15) is 5.11 Å². The summed E-state index contributed by atoms with van der Waals surface area (Å²) in [5.74, 6) is 1.09. The highest BCUT2D eigenvalue weighted by Gasteiger charge is 2.67. The summed E-state index contributed by atoms with van der Waals surface area (Å²) in [4.78, 5) is 6.65. The highest BCUT2D eigenvalue weighted by molar-refractivity contribution is 5.85. The average molecular weight is 457 g/mol. The summed E-state index contributed by atoms with van der Waals surface area (Å²) >= 11 is 0. The Balaban J connectivity index is 1.30. The fourth-order valence-electron chi connectivity index (χ4n) is 8.87. The third-order valence-corrected chi connectivity index (χ3v) is 10.5. The molecule has 7 rings (SSSR count). The van der Waals surface area contributed by atoms with Gasteiger partial charge in [0.05, 0.1) is 17.3 Å². The van der Waals surface area contributed by atoms with Gasteiger partial charge in [-0.05, 0) is 111 Å². The highest BCUT2D eigenvalue weighted by Crippen LogP contribution is 2.70. The van der Waals surface area contributed by atoms with Crippen LogP contribution in [0.1, 0.15) is 63.4 Å². The first-order valence-electron chi connectivity index (χ1n) is 13.2. The van der Waals surface area contributed by atoms with Gasteiger partial charge in [0.2, 0.25) is 0 Å².